The molecule has 1 aromatic heterocycles. The molecule has 0 radical (unpaired) electrons. The van der Waals surface area contributed by atoms with Crippen molar-refractivity contribution in [3.8, 4) is 17.2 Å². The molecular weight excluding hydrogens is 405 g/mol. The van der Waals surface area contributed by atoms with Crippen molar-refractivity contribution >= 4 is 38.8 Å². The molecule has 0 N–H and O–H groups in total. The van der Waals surface area contributed by atoms with Gasteiger partial charge >= 0.3 is 15.1 Å². The molecule has 0 atom stereocenters. The van der Waals surface area contributed by atoms with E-state index in [9.17, 15) is 0 Å². The summed E-state index contributed by atoms with van der Waals surface area (Å²) >= 11 is -2.38. The molecule has 6 heteroatoms. The van der Waals surface area contributed by atoms with Gasteiger partial charge in [-0.05, 0) is 45.9 Å². The molecule has 0 fully saturated rings. The average molecular weight is 425 g/mol. The van der Waals surface area contributed by atoms with E-state index in [-0.39, 0.29) is 0 Å². The van der Waals surface area contributed by atoms with Crippen LogP contribution in [0.5, 0.6) is 17.2 Å². The molecule has 0 unspecified atom stereocenters. The predicted molar refractivity (Wildman–Crippen MR) is 122 cm³/mol. The number of hydrogen-bond acceptors (Lipinski definition) is 4. The molecule has 3 aliphatic heterocycles. The quantitative estimate of drug-likeness (QED) is 0.406. The summed E-state index contributed by atoms with van der Waals surface area (Å²) in [5, 5.41) is 3.86. The Bertz CT molecular complexity index is 1020. The molecule has 0 spiro atoms. The molecule has 4 nitrogen and oxygen atoms in total. The topological polar surface area (TPSA) is 40.6 Å². The molecule has 3 aliphatic rings. The van der Waals surface area contributed by atoms with Crippen LogP contribution in [-0.4, -0.2) is 28.2 Å². The van der Waals surface area contributed by atoms with Crippen molar-refractivity contribution in [2.24, 2.45) is 0 Å². The second kappa shape index (κ2) is 8.00. The summed E-state index contributed by atoms with van der Waals surface area (Å²) in [4.78, 5) is 3.78. The van der Waals surface area contributed by atoms with Gasteiger partial charge in [-0.25, -0.2) is 0 Å². The van der Waals surface area contributed by atoms with Crippen molar-refractivity contribution in [3.63, 3.8) is 0 Å². The van der Waals surface area contributed by atoms with Crippen LogP contribution >= 0.6 is 0 Å². The van der Waals surface area contributed by atoms with Crippen molar-refractivity contribution in [2.75, 3.05) is 0 Å². The summed E-state index contributed by atoms with van der Waals surface area (Å²) in [6.45, 7) is 2.35. The first-order chi connectivity index (χ1) is 14.8. The van der Waals surface area contributed by atoms with Gasteiger partial charge in [0.15, 0.2) is 8.07 Å². The third-order valence-corrected chi connectivity index (χ3v) is 11.3. The second-order valence-corrected chi connectivity index (χ2v) is 12.4. The smallest absolute Gasteiger partial charge is 0.577 e. The summed E-state index contributed by atoms with van der Waals surface area (Å²) in [6.07, 6.45) is 3.50. The van der Waals surface area contributed by atoms with Crippen LogP contribution < -0.4 is 26.9 Å². The molecule has 0 amide bonds. The van der Waals surface area contributed by atoms with Gasteiger partial charge in [0.2, 0.25) is 0 Å². The third-order valence-electron chi connectivity index (χ3n) is 5.51. The van der Waals surface area contributed by atoms with Crippen LogP contribution in [0.2, 0.25) is 6.55 Å². The van der Waals surface area contributed by atoms with Crippen LogP contribution in [0.4, 0.5) is 0 Å². The largest absolute Gasteiger partial charge is 1.20 e. The molecule has 4 heterocycles. The molecule has 0 saturated heterocycles. The van der Waals surface area contributed by atoms with Gasteiger partial charge in [-0.1, -0.05) is 67.2 Å². The van der Waals surface area contributed by atoms with Crippen molar-refractivity contribution < 1.29 is 11.4 Å². The summed E-state index contributed by atoms with van der Waals surface area (Å²) in [5.74, 6) is 2.73. The zero-order valence-corrected chi connectivity index (χ0v) is 18.7. The van der Waals surface area contributed by atoms with Crippen molar-refractivity contribution in [1.29, 1.82) is 0 Å². The van der Waals surface area contributed by atoms with Crippen LogP contribution in [0.25, 0.3) is 0 Å². The number of benzene rings is 3. The Hall–Kier alpha value is -3.04. The van der Waals surface area contributed by atoms with Crippen molar-refractivity contribution in [1.82, 2.24) is 4.98 Å². The van der Waals surface area contributed by atoms with E-state index < -0.39 is 23.2 Å². The maximum Gasteiger partial charge on any atom is 1.20 e. The lowest BCUT2D eigenvalue weighted by Crippen LogP contribution is -2.68. The van der Waals surface area contributed by atoms with E-state index >= 15 is 0 Å². The second-order valence-electron chi connectivity index (χ2n) is 7.28. The van der Waals surface area contributed by atoms with Gasteiger partial charge in [0.25, 0.3) is 0 Å². The van der Waals surface area contributed by atoms with E-state index in [1.807, 2.05) is 54.6 Å². The summed E-state index contributed by atoms with van der Waals surface area (Å²) < 4.78 is 18.6. The highest BCUT2D eigenvalue weighted by molar-refractivity contribution is 7.12. The van der Waals surface area contributed by atoms with Gasteiger partial charge in [0.1, 0.15) is 0 Å². The number of hydrogen-bond donors (Lipinski definition) is 0. The van der Waals surface area contributed by atoms with Crippen LogP contribution in [-0.2, 0) is 0 Å². The van der Waals surface area contributed by atoms with E-state index in [0.29, 0.717) is 0 Å². The fourth-order valence-corrected chi connectivity index (χ4v) is 9.88. The minimum absolute atomic E-state index is 0.910. The van der Waals surface area contributed by atoms with Gasteiger partial charge in [-0.3, -0.25) is 4.98 Å². The van der Waals surface area contributed by atoms with Crippen molar-refractivity contribution in [2.45, 2.75) is 6.55 Å². The molecule has 3 aromatic carbocycles. The van der Waals surface area contributed by atoms with Gasteiger partial charge < -0.3 is 11.4 Å². The minimum Gasteiger partial charge on any atom is -0.577 e. The molecule has 0 aliphatic carbocycles. The molecule has 146 valence electrons. The maximum atomic E-state index is 6.22. The zero-order chi connectivity index (χ0) is 20.4. The molecule has 4 aromatic rings. The summed E-state index contributed by atoms with van der Waals surface area (Å²) in [5.41, 5.74) is 0. The van der Waals surface area contributed by atoms with Crippen LogP contribution in [0.15, 0.2) is 103 Å². The zero-order valence-electron chi connectivity index (χ0n) is 16.6. The molecule has 7 rings (SSSR count). The first-order valence-electron chi connectivity index (χ1n) is 9.90. The fraction of sp³-hybridized carbons (Fsp3) is 0.0417. The standard InChI is InChI=1S/C19H18O3Si.C5H5N.Al/c1-23(17-11-5-2-8-14(17)20,18-12-6-3-9-15(18)21)19-13-7-4-10-16(19)22;1-2-4-6-5-3-1;/h2-13,20-22H,1H3;1-5H;/q;;+3/p-3. The van der Waals surface area contributed by atoms with E-state index in [0.717, 1.165) is 17.2 Å². The van der Waals surface area contributed by atoms with Gasteiger partial charge in [0, 0.05) is 12.4 Å². The van der Waals surface area contributed by atoms with E-state index in [1.165, 1.54) is 15.6 Å². The fourth-order valence-electron chi connectivity index (χ4n) is 4.08. The predicted octanol–water partition coefficient (Wildman–Crippen LogP) is 3.02. The van der Waals surface area contributed by atoms with Crippen LogP contribution in [0.1, 0.15) is 0 Å². The summed E-state index contributed by atoms with van der Waals surface area (Å²) in [7, 11) is -2.30. The number of para-hydroxylation sites is 3. The number of nitrogens with zero attached hydrogens (tertiary/aromatic N) is 1. The number of aromatic nitrogens is 1. The normalized spacial score (nSPS) is 14.5. The SMILES string of the molecule is C[Si]12c3ccccc3[O][Al]([O]c3ccccc31)[O]c1ccccc12.c1ccncc1. The Morgan fingerprint density at radius 3 is 1.30 bits per heavy atom. The minimum atomic E-state index is -2.38. The molecule has 2 bridgehead atoms. The lowest BCUT2D eigenvalue weighted by molar-refractivity contribution is 0.308. The Morgan fingerprint density at radius 2 is 0.967 bits per heavy atom. The first-order valence-corrected chi connectivity index (χ1v) is 13.8. The molecule has 30 heavy (non-hydrogen) atoms. The third kappa shape index (κ3) is 3.29. The van der Waals surface area contributed by atoms with Gasteiger partial charge in [0.05, 0.1) is 17.2 Å². The highest BCUT2D eigenvalue weighted by Crippen LogP contribution is 2.28. The number of pyridine rings is 1. The lowest BCUT2D eigenvalue weighted by atomic mass is 10.3. The Kier molecular flexibility index (Phi) is 5.05. The maximum absolute atomic E-state index is 6.22. The van der Waals surface area contributed by atoms with Crippen LogP contribution in [0, 0.1) is 0 Å². The van der Waals surface area contributed by atoms with Crippen LogP contribution in [0.3, 0.4) is 0 Å². The average Bonchev–Trinajstić information content (AvgIpc) is 2.79. The van der Waals surface area contributed by atoms with E-state index in [1.54, 1.807) is 12.4 Å². The lowest BCUT2D eigenvalue weighted by Gasteiger charge is -2.39. The molecular formula is C24H20AlNO3Si. The van der Waals surface area contributed by atoms with Crippen molar-refractivity contribution in [3.05, 3.63) is 103 Å². The van der Waals surface area contributed by atoms with Gasteiger partial charge in [-0.2, -0.15) is 0 Å². The Morgan fingerprint density at radius 1 is 0.567 bits per heavy atom. The highest BCUT2D eigenvalue weighted by Gasteiger charge is 2.53. The van der Waals surface area contributed by atoms with E-state index in [2.05, 4.69) is 47.9 Å². The summed E-state index contributed by atoms with van der Waals surface area (Å²) in [6, 6.07) is 30.8. The number of rotatable bonds is 0. The highest BCUT2D eigenvalue weighted by atomic mass is 28.3. The van der Waals surface area contributed by atoms with Gasteiger partial charge in [-0.15, -0.1) is 0 Å². The van der Waals surface area contributed by atoms with E-state index in [4.69, 9.17) is 11.4 Å². The Balaban J connectivity index is 0.000000279. The first kappa shape index (κ1) is 19.0. The molecule has 0 saturated carbocycles. The monoisotopic (exact) mass is 425 g/mol. The Labute approximate surface area is 182 Å².